The second-order valence-corrected chi connectivity index (χ2v) is 6.04. The van der Waals surface area contributed by atoms with Crippen molar-refractivity contribution in [1.29, 1.82) is 0 Å². The minimum atomic E-state index is -0.117. The smallest absolute Gasteiger partial charge is 0.251 e. The molecule has 2 aromatic carbocycles. The molecule has 0 N–H and O–H groups in total. The van der Waals surface area contributed by atoms with E-state index in [0.29, 0.717) is 37.0 Å². The topological polar surface area (TPSA) is 51.4 Å². The fourth-order valence-corrected chi connectivity index (χ4v) is 3.20. The summed E-state index contributed by atoms with van der Waals surface area (Å²) in [5.41, 5.74) is 2.62. The van der Waals surface area contributed by atoms with Crippen molar-refractivity contribution in [2.24, 2.45) is 0 Å². The molecule has 0 atom stereocenters. The first-order chi connectivity index (χ1) is 12.2. The van der Waals surface area contributed by atoms with Gasteiger partial charge in [0.2, 0.25) is 5.89 Å². The largest absolute Gasteiger partial charge is 0.496 e. The Balaban J connectivity index is 1.51. The average Bonchev–Trinajstić information content (AvgIpc) is 3.10. The molecule has 6 heteroatoms. The third-order valence-corrected chi connectivity index (χ3v) is 4.45. The highest BCUT2D eigenvalue weighted by Gasteiger charge is 2.21. The number of halogens is 1. The van der Waals surface area contributed by atoms with Crippen molar-refractivity contribution in [1.82, 2.24) is 15.1 Å². The van der Waals surface area contributed by atoms with Gasteiger partial charge in [-0.15, -0.1) is 10.2 Å². The van der Waals surface area contributed by atoms with E-state index in [9.17, 15) is 4.39 Å². The van der Waals surface area contributed by atoms with Gasteiger partial charge in [-0.05, 0) is 35.7 Å². The van der Waals surface area contributed by atoms with Crippen LogP contribution in [-0.2, 0) is 19.5 Å². The predicted molar refractivity (Wildman–Crippen MR) is 90.5 cm³/mol. The van der Waals surface area contributed by atoms with E-state index in [0.717, 1.165) is 23.2 Å². The Hall–Kier alpha value is -2.73. The number of para-hydroxylation sites is 1. The molecule has 0 spiro atoms. The van der Waals surface area contributed by atoms with Gasteiger partial charge < -0.3 is 9.15 Å². The number of hydrogen-bond donors (Lipinski definition) is 0. The minimum absolute atomic E-state index is 0.117. The van der Waals surface area contributed by atoms with Gasteiger partial charge in [0.25, 0.3) is 5.89 Å². The van der Waals surface area contributed by atoms with E-state index in [-0.39, 0.29) is 5.82 Å². The molecule has 0 bridgehead atoms. The molecule has 0 amide bonds. The molecule has 25 heavy (non-hydrogen) atoms. The van der Waals surface area contributed by atoms with Gasteiger partial charge in [-0.3, -0.25) is 4.90 Å². The molecule has 1 aliphatic heterocycles. The Morgan fingerprint density at radius 2 is 2.04 bits per heavy atom. The van der Waals surface area contributed by atoms with Gasteiger partial charge >= 0.3 is 0 Å². The zero-order valence-corrected chi connectivity index (χ0v) is 13.9. The highest BCUT2D eigenvalue weighted by molar-refractivity contribution is 5.62. The number of ether oxygens (including phenoxy) is 1. The fraction of sp³-hybridized carbons (Fsp3) is 0.263. The molecule has 0 radical (unpaired) electrons. The summed E-state index contributed by atoms with van der Waals surface area (Å²) in [5, 5.41) is 8.28. The van der Waals surface area contributed by atoms with E-state index in [2.05, 4.69) is 15.1 Å². The van der Waals surface area contributed by atoms with Gasteiger partial charge in [0, 0.05) is 13.1 Å². The lowest BCUT2D eigenvalue weighted by Gasteiger charge is -2.27. The Morgan fingerprint density at radius 3 is 2.92 bits per heavy atom. The van der Waals surface area contributed by atoms with Crippen LogP contribution in [0.15, 0.2) is 46.9 Å². The van der Waals surface area contributed by atoms with Crippen molar-refractivity contribution in [2.45, 2.75) is 19.5 Å². The van der Waals surface area contributed by atoms with Crippen molar-refractivity contribution in [3.05, 3.63) is 65.3 Å². The van der Waals surface area contributed by atoms with E-state index in [1.54, 1.807) is 13.2 Å². The van der Waals surface area contributed by atoms with Crippen LogP contribution in [0.25, 0.3) is 11.5 Å². The van der Waals surface area contributed by atoms with E-state index >= 15 is 0 Å². The highest BCUT2D eigenvalue weighted by Crippen LogP contribution is 2.29. The molecule has 0 saturated heterocycles. The normalized spacial score (nSPS) is 14.3. The maximum atomic E-state index is 13.8. The summed E-state index contributed by atoms with van der Waals surface area (Å²) < 4.78 is 25.0. The van der Waals surface area contributed by atoms with Crippen LogP contribution in [0.5, 0.6) is 5.75 Å². The molecule has 0 unspecified atom stereocenters. The average molecular weight is 339 g/mol. The number of methoxy groups -OCH3 is 1. The molecule has 0 fully saturated rings. The Bertz CT molecular complexity index is 894. The summed E-state index contributed by atoms with van der Waals surface area (Å²) in [6.07, 6.45) is 0.690. The zero-order valence-electron chi connectivity index (χ0n) is 13.9. The monoisotopic (exact) mass is 339 g/mol. The molecule has 5 nitrogen and oxygen atoms in total. The standard InChI is InChI=1S/C19H18FN3O2/c1-24-17-8-3-2-6-15(17)19-22-21-18(25-19)12-23-10-9-14-13(11-23)5-4-7-16(14)20/h2-8H,9-12H2,1H3. The molecular formula is C19H18FN3O2. The van der Waals surface area contributed by atoms with Gasteiger partial charge in [0.05, 0.1) is 19.2 Å². The summed E-state index contributed by atoms with van der Waals surface area (Å²) in [5.74, 6) is 1.56. The number of hydrogen-bond acceptors (Lipinski definition) is 5. The van der Waals surface area contributed by atoms with E-state index < -0.39 is 0 Å². The van der Waals surface area contributed by atoms with E-state index in [1.165, 1.54) is 6.07 Å². The van der Waals surface area contributed by atoms with Crippen molar-refractivity contribution >= 4 is 0 Å². The quantitative estimate of drug-likeness (QED) is 0.729. The molecule has 0 aliphatic carbocycles. The Kier molecular flexibility index (Phi) is 4.19. The first-order valence-electron chi connectivity index (χ1n) is 8.19. The third kappa shape index (κ3) is 3.13. The maximum Gasteiger partial charge on any atom is 0.251 e. The van der Waals surface area contributed by atoms with Crippen LogP contribution in [0, 0.1) is 5.82 Å². The second kappa shape index (κ2) is 6.64. The summed E-state index contributed by atoms with van der Waals surface area (Å²) in [7, 11) is 1.61. The van der Waals surface area contributed by atoms with Gasteiger partial charge in [0.15, 0.2) is 0 Å². The predicted octanol–water partition coefficient (Wildman–Crippen LogP) is 3.44. The third-order valence-electron chi connectivity index (χ3n) is 4.45. The second-order valence-electron chi connectivity index (χ2n) is 6.04. The number of aromatic nitrogens is 2. The van der Waals surface area contributed by atoms with Crippen molar-refractivity contribution in [3.63, 3.8) is 0 Å². The molecule has 4 rings (SSSR count). The fourth-order valence-electron chi connectivity index (χ4n) is 3.20. The van der Waals surface area contributed by atoms with Crippen LogP contribution in [0.3, 0.4) is 0 Å². The lowest BCUT2D eigenvalue weighted by atomic mass is 9.99. The van der Waals surface area contributed by atoms with Gasteiger partial charge in [-0.1, -0.05) is 24.3 Å². The number of rotatable bonds is 4. The van der Waals surface area contributed by atoms with Gasteiger partial charge in [-0.2, -0.15) is 0 Å². The lowest BCUT2D eigenvalue weighted by Crippen LogP contribution is -2.30. The SMILES string of the molecule is COc1ccccc1-c1nnc(CN2CCc3c(F)cccc3C2)o1. The van der Waals surface area contributed by atoms with Crippen LogP contribution in [0.4, 0.5) is 4.39 Å². The molecule has 3 aromatic rings. The molecule has 1 aliphatic rings. The molecular weight excluding hydrogens is 321 g/mol. The Morgan fingerprint density at radius 1 is 1.16 bits per heavy atom. The van der Waals surface area contributed by atoms with Crippen LogP contribution >= 0.6 is 0 Å². The highest BCUT2D eigenvalue weighted by atomic mass is 19.1. The number of fused-ring (bicyclic) bond motifs is 1. The Labute approximate surface area is 145 Å². The maximum absolute atomic E-state index is 13.8. The first kappa shape index (κ1) is 15.8. The molecule has 1 aromatic heterocycles. The summed E-state index contributed by atoms with van der Waals surface area (Å²) in [4.78, 5) is 2.18. The summed E-state index contributed by atoms with van der Waals surface area (Å²) in [6.45, 7) is 1.98. The van der Waals surface area contributed by atoms with Crippen LogP contribution in [0.2, 0.25) is 0 Å². The van der Waals surface area contributed by atoms with Crippen LogP contribution in [0.1, 0.15) is 17.0 Å². The van der Waals surface area contributed by atoms with Crippen LogP contribution in [-0.4, -0.2) is 28.8 Å². The lowest BCUT2D eigenvalue weighted by molar-refractivity contribution is 0.220. The van der Waals surface area contributed by atoms with Crippen molar-refractivity contribution in [2.75, 3.05) is 13.7 Å². The van der Waals surface area contributed by atoms with E-state index in [1.807, 2.05) is 30.3 Å². The summed E-state index contributed by atoms with van der Waals surface area (Å²) >= 11 is 0. The number of nitrogens with zero attached hydrogens (tertiary/aromatic N) is 3. The molecule has 2 heterocycles. The minimum Gasteiger partial charge on any atom is -0.496 e. The zero-order chi connectivity index (χ0) is 17.2. The molecule has 0 saturated carbocycles. The van der Waals surface area contributed by atoms with Gasteiger partial charge in [0.1, 0.15) is 11.6 Å². The van der Waals surface area contributed by atoms with E-state index in [4.69, 9.17) is 9.15 Å². The van der Waals surface area contributed by atoms with Crippen LogP contribution < -0.4 is 4.74 Å². The molecule has 128 valence electrons. The van der Waals surface area contributed by atoms with Gasteiger partial charge in [-0.25, -0.2) is 4.39 Å². The summed E-state index contributed by atoms with van der Waals surface area (Å²) in [6, 6.07) is 12.8. The van der Waals surface area contributed by atoms with Crippen molar-refractivity contribution < 1.29 is 13.5 Å². The first-order valence-corrected chi connectivity index (χ1v) is 8.19. The number of benzene rings is 2. The van der Waals surface area contributed by atoms with Crippen molar-refractivity contribution in [3.8, 4) is 17.2 Å².